The van der Waals surface area contributed by atoms with Gasteiger partial charge in [0.25, 0.3) is 0 Å². The molecule has 1 fully saturated rings. The topological polar surface area (TPSA) is 105 Å². The number of imide groups is 1. The maximum Gasteiger partial charge on any atom is 0.321 e. The normalized spacial score (nSPS) is 21.9. The predicted molar refractivity (Wildman–Crippen MR) is 66.6 cm³/mol. The van der Waals surface area contributed by atoms with Crippen molar-refractivity contribution in [1.29, 1.82) is 0 Å². The molecule has 1 saturated carbocycles. The van der Waals surface area contributed by atoms with Crippen molar-refractivity contribution in [2.45, 2.75) is 50.7 Å². The highest BCUT2D eigenvalue weighted by atomic mass is 16.5. The quantitative estimate of drug-likeness (QED) is 0.658. The largest absolute Gasteiger partial charge is 0.481 e. The Labute approximate surface area is 111 Å². The molecule has 0 heterocycles. The molecule has 3 amide bonds. The minimum absolute atomic E-state index is 0.00661. The van der Waals surface area contributed by atoms with Crippen LogP contribution in [0.1, 0.15) is 38.5 Å². The molecule has 0 aromatic carbocycles. The number of methoxy groups -OCH3 is 1. The number of hydrogen-bond acceptors (Lipinski definition) is 4. The van der Waals surface area contributed by atoms with Crippen LogP contribution in [0, 0.1) is 0 Å². The van der Waals surface area contributed by atoms with Gasteiger partial charge in [0.15, 0.2) is 0 Å². The lowest BCUT2D eigenvalue weighted by atomic mass is 10.2. The fraction of sp³-hybridized carbons (Fsp3) is 0.750. The molecule has 0 radical (unpaired) electrons. The third kappa shape index (κ3) is 5.69. The summed E-state index contributed by atoms with van der Waals surface area (Å²) < 4.78 is 5.23. The molecule has 0 aliphatic heterocycles. The van der Waals surface area contributed by atoms with Crippen molar-refractivity contribution in [1.82, 2.24) is 10.6 Å². The minimum Gasteiger partial charge on any atom is -0.481 e. The van der Waals surface area contributed by atoms with E-state index < -0.39 is 17.9 Å². The Hall–Kier alpha value is -1.63. The number of carbonyl (C=O) groups is 3. The van der Waals surface area contributed by atoms with Crippen molar-refractivity contribution < 1.29 is 24.2 Å². The summed E-state index contributed by atoms with van der Waals surface area (Å²) in [7, 11) is 1.60. The van der Waals surface area contributed by atoms with Gasteiger partial charge < -0.3 is 15.2 Å². The summed E-state index contributed by atoms with van der Waals surface area (Å²) in [6, 6.07) is -0.619. The Morgan fingerprint density at radius 3 is 2.63 bits per heavy atom. The van der Waals surface area contributed by atoms with Gasteiger partial charge in [-0.3, -0.25) is 14.9 Å². The van der Waals surface area contributed by atoms with E-state index in [2.05, 4.69) is 10.6 Å². The third-order valence-electron chi connectivity index (χ3n) is 3.12. The Morgan fingerprint density at radius 1 is 1.26 bits per heavy atom. The molecule has 7 nitrogen and oxygen atoms in total. The van der Waals surface area contributed by atoms with Gasteiger partial charge in [-0.1, -0.05) is 0 Å². The third-order valence-corrected chi connectivity index (χ3v) is 3.12. The predicted octanol–water partition coefficient (Wildman–Crippen LogP) is 0.635. The van der Waals surface area contributed by atoms with Crippen LogP contribution in [0.25, 0.3) is 0 Å². The highest BCUT2D eigenvalue weighted by Gasteiger charge is 2.28. The van der Waals surface area contributed by atoms with Gasteiger partial charge >= 0.3 is 12.0 Å². The molecule has 19 heavy (non-hydrogen) atoms. The molecule has 3 N–H and O–H groups in total. The summed E-state index contributed by atoms with van der Waals surface area (Å²) in [5.74, 6) is -1.42. The average molecular weight is 272 g/mol. The molecule has 1 aliphatic rings. The molecule has 2 unspecified atom stereocenters. The maximum absolute atomic E-state index is 11.6. The summed E-state index contributed by atoms with van der Waals surface area (Å²) in [5.41, 5.74) is 0. The van der Waals surface area contributed by atoms with Crippen molar-refractivity contribution in [3.05, 3.63) is 0 Å². The Morgan fingerprint density at radius 2 is 2.00 bits per heavy atom. The fourth-order valence-electron chi connectivity index (χ4n) is 2.17. The van der Waals surface area contributed by atoms with Gasteiger partial charge in [0.2, 0.25) is 5.91 Å². The number of urea groups is 1. The lowest BCUT2D eigenvalue weighted by Gasteiger charge is -2.19. The zero-order valence-electron chi connectivity index (χ0n) is 11.0. The zero-order chi connectivity index (χ0) is 14.3. The number of carboxylic acid groups (broad SMARTS) is 1. The van der Waals surface area contributed by atoms with E-state index in [-0.39, 0.29) is 31.4 Å². The van der Waals surface area contributed by atoms with Crippen molar-refractivity contribution in [3.63, 3.8) is 0 Å². The summed E-state index contributed by atoms with van der Waals surface area (Å²) in [6.07, 6.45) is 2.87. The van der Waals surface area contributed by atoms with Crippen molar-refractivity contribution in [2.75, 3.05) is 7.11 Å². The fourth-order valence-corrected chi connectivity index (χ4v) is 2.17. The minimum atomic E-state index is -0.953. The van der Waals surface area contributed by atoms with Crippen LogP contribution in [0.5, 0.6) is 0 Å². The van der Waals surface area contributed by atoms with Gasteiger partial charge in [-0.2, -0.15) is 0 Å². The van der Waals surface area contributed by atoms with Gasteiger partial charge in [-0.05, 0) is 25.7 Å². The van der Waals surface area contributed by atoms with E-state index in [4.69, 9.17) is 9.84 Å². The van der Waals surface area contributed by atoms with Gasteiger partial charge in [0, 0.05) is 20.0 Å². The molecule has 0 aromatic heterocycles. The van der Waals surface area contributed by atoms with Crippen molar-refractivity contribution >= 4 is 17.9 Å². The monoisotopic (exact) mass is 272 g/mol. The highest BCUT2D eigenvalue weighted by Crippen LogP contribution is 2.21. The van der Waals surface area contributed by atoms with E-state index in [0.29, 0.717) is 0 Å². The van der Waals surface area contributed by atoms with Crippen LogP contribution in [-0.4, -0.2) is 42.3 Å². The first-order valence-corrected chi connectivity index (χ1v) is 6.38. The zero-order valence-corrected chi connectivity index (χ0v) is 11.0. The molecule has 2 atom stereocenters. The van der Waals surface area contributed by atoms with Crippen LogP contribution in [0.15, 0.2) is 0 Å². The molecule has 1 aliphatic carbocycles. The van der Waals surface area contributed by atoms with E-state index in [1.165, 1.54) is 0 Å². The Bertz CT molecular complexity index is 345. The smallest absolute Gasteiger partial charge is 0.321 e. The number of rotatable bonds is 6. The van der Waals surface area contributed by atoms with Gasteiger partial charge in [0.1, 0.15) is 0 Å². The molecule has 0 aromatic rings. The molecule has 0 spiro atoms. The van der Waals surface area contributed by atoms with Crippen LogP contribution >= 0.6 is 0 Å². The van der Waals surface area contributed by atoms with Crippen LogP contribution in [0.2, 0.25) is 0 Å². The number of carbonyl (C=O) groups excluding carboxylic acids is 2. The van der Waals surface area contributed by atoms with E-state index >= 15 is 0 Å². The van der Waals surface area contributed by atoms with Crippen LogP contribution in [0.3, 0.4) is 0 Å². The number of amides is 3. The standard InChI is InChI=1S/C12H20N2O5/c1-19-9-5-2-4-8(9)13-12(18)14-10(15)6-3-7-11(16)17/h8-9H,2-7H2,1H3,(H,16,17)(H2,13,14,15,18). The lowest BCUT2D eigenvalue weighted by Crippen LogP contribution is -2.47. The van der Waals surface area contributed by atoms with Crippen LogP contribution < -0.4 is 10.6 Å². The van der Waals surface area contributed by atoms with Gasteiger partial charge in [-0.25, -0.2) is 4.79 Å². The van der Waals surface area contributed by atoms with E-state index in [9.17, 15) is 14.4 Å². The second-order valence-electron chi connectivity index (χ2n) is 4.58. The van der Waals surface area contributed by atoms with E-state index in [0.717, 1.165) is 19.3 Å². The lowest BCUT2D eigenvalue weighted by molar-refractivity contribution is -0.137. The summed E-state index contributed by atoms with van der Waals surface area (Å²) in [6.45, 7) is 0. The van der Waals surface area contributed by atoms with Gasteiger partial charge in [0.05, 0.1) is 12.1 Å². The number of carboxylic acids is 1. The van der Waals surface area contributed by atoms with Gasteiger partial charge in [-0.15, -0.1) is 0 Å². The van der Waals surface area contributed by atoms with Crippen molar-refractivity contribution in [2.24, 2.45) is 0 Å². The molecule has 108 valence electrons. The molecule has 0 bridgehead atoms. The van der Waals surface area contributed by atoms with Crippen LogP contribution in [-0.2, 0) is 14.3 Å². The molecule has 1 rings (SSSR count). The maximum atomic E-state index is 11.6. The second-order valence-corrected chi connectivity index (χ2v) is 4.58. The molecule has 0 saturated heterocycles. The number of nitrogens with one attached hydrogen (secondary N) is 2. The van der Waals surface area contributed by atoms with E-state index in [1.807, 2.05) is 0 Å². The average Bonchev–Trinajstić information content (AvgIpc) is 2.75. The number of hydrogen-bond donors (Lipinski definition) is 3. The molecule has 7 heteroatoms. The second kappa shape index (κ2) is 7.73. The highest BCUT2D eigenvalue weighted by molar-refractivity contribution is 5.94. The SMILES string of the molecule is COC1CCCC1NC(=O)NC(=O)CCCC(=O)O. The Kier molecular flexibility index (Phi) is 6.27. The first-order chi connectivity index (χ1) is 9.02. The van der Waals surface area contributed by atoms with E-state index in [1.54, 1.807) is 7.11 Å². The first kappa shape index (κ1) is 15.4. The first-order valence-electron chi connectivity index (χ1n) is 6.38. The van der Waals surface area contributed by atoms with Crippen molar-refractivity contribution in [3.8, 4) is 0 Å². The molecular weight excluding hydrogens is 252 g/mol. The number of aliphatic carboxylic acids is 1. The Balaban J connectivity index is 2.23. The van der Waals surface area contributed by atoms with Crippen LogP contribution in [0.4, 0.5) is 4.79 Å². The molecular formula is C12H20N2O5. The summed E-state index contributed by atoms with van der Waals surface area (Å²) in [5, 5.41) is 13.3. The number of ether oxygens (including phenoxy) is 1. The summed E-state index contributed by atoms with van der Waals surface area (Å²) in [4.78, 5) is 33.2. The summed E-state index contributed by atoms with van der Waals surface area (Å²) >= 11 is 0.